The predicted octanol–water partition coefficient (Wildman–Crippen LogP) is 4.31. The highest BCUT2D eigenvalue weighted by Crippen LogP contribution is 2.12. The van der Waals surface area contributed by atoms with Gasteiger partial charge in [-0.2, -0.15) is 5.10 Å². The van der Waals surface area contributed by atoms with Crippen LogP contribution in [0.4, 0.5) is 0 Å². The lowest BCUT2D eigenvalue weighted by atomic mass is 10.2. The molecule has 0 atom stereocenters. The average molecular weight is 321 g/mol. The van der Waals surface area contributed by atoms with Gasteiger partial charge in [-0.1, -0.05) is 38.1 Å². The van der Waals surface area contributed by atoms with E-state index >= 15 is 0 Å². The highest BCUT2D eigenvalue weighted by atomic mass is 15.3. The van der Waals surface area contributed by atoms with Gasteiger partial charge in [0.25, 0.3) is 0 Å². The van der Waals surface area contributed by atoms with E-state index in [0.29, 0.717) is 0 Å². The maximum atomic E-state index is 4.26. The van der Waals surface area contributed by atoms with Gasteiger partial charge in [-0.15, -0.1) is 0 Å². The first-order valence-electron chi connectivity index (χ1n) is 8.09. The molecule has 124 valence electrons. The fourth-order valence-electron chi connectivity index (χ4n) is 2.31. The molecule has 4 aromatic rings. The monoisotopic (exact) mass is 321 g/mol. The number of aromatic nitrogens is 5. The first kappa shape index (κ1) is 17.5. The van der Waals surface area contributed by atoms with Crippen molar-refractivity contribution in [3.05, 3.63) is 66.0 Å². The number of aryl methyl sites for hydroxylation is 3. The zero-order valence-electron chi connectivity index (χ0n) is 14.9. The summed E-state index contributed by atoms with van der Waals surface area (Å²) in [4.78, 5) is 12.4. The summed E-state index contributed by atoms with van der Waals surface area (Å²) in [5.41, 5.74) is 4.35. The van der Waals surface area contributed by atoms with Gasteiger partial charge >= 0.3 is 0 Å². The standard InChI is InChI=1S/C9H8N2.C8H9N3.C2H6/c1-7-3-2-4-8-5-10-6-11-9(7)8;1-6-4-3-5-11-8(6)9-7(2)10-11;1-2/h2-6H,1H3;3-5H,1-2H3;1-2H3. The summed E-state index contributed by atoms with van der Waals surface area (Å²) in [6.45, 7) is 9.98. The van der Waals surface area contributed by atoms with Crippen LogP contribution in [0.2, 0.25) is 0 Å². The van der Waals surface area contributed by atoms with Crippen molar-refractivity contribution in [3.8, 4) is 0 Å². The molecular weight excluding hydrogens is 298 g/mol. The Balaban J connectivity index is 0.000000158. The van der Waals surface area contributed by atoms with Crippen LogP contribution in [0.5, 0.6) is 0 Å². The van der Waals surface area contributed by atoms with Crippen LogP contribution in [0.1, 0.15) is 30.8 Å². The Morgan fingerprint density at radius 2 is 1.67 bits per heavy atom. The van der Waals surface area contributed by atoms with Gasteiger partial charge in [0.05, 0.1) is 5.52 Å². The van der Waals surface area contributed by atoms with Crippen molar-refractivity contribution in [2.75, 3.05) is 0 Å². The zero-order valence-corrected chi connectivity index (χ0v) is 14.9. The van der Waals surface area contributed by atoms with E-state index in [1.165, 1.54) is 5.56 Å². The van der Waals surface area contributed by atoms with Crippen LogP contribution in [-0.4, -0.2) is 24.6 Å². The largest absolute Gasteiger partial charge is 0.244 e. The number of hydrogen-bond donors (Lipinski definition) is 0. The molecule has 0 saturated carbocycles. The molecule has 0 aliphatic heterocycles. The normalized spacial score (nSPS) is 9.88. The third kappa shape index (κ3) is 3.93. The van der Waals surface area contributed by atoms with Gasteiger partial charge in [0.2, 0.25) is 0 Å². The topological polar surface area (TPSA) is 56.0 Å². The Morgan fingerprint density at radius 1 is 0.917 bits per heavy atom. The first-order chi connectivity index (χ1) is 11.6. The Labute approximate surface area is 142 Å². The summed E-state index contributed by atoms with van der Waals surface area (Å²) in [5, 5.41) is 5.28. The summed E-state index contributed by atoms with van der Waals surface area (Å²) >= 11 is 0. The van der Waals surface area contributed by atoms with Crippen molar-refractivity contribution < 1.29 is 0 Å². The summed E-state index contributed by atoms with van der Waals surface area (Å²) in [6.07, 6.45) is 5.31. The van der Waals surface area contributed by atoms with Crippen LogP contribution in [-0.2, 0) is 0 Å². The molecule has 0 amide bonds. The smallest absolute Gasteiger partial charge is 0.158 e. The minimum absolute atomic E-state index is 0.819. The number of benzene rings is 1. The minimum Gasteiger partial charge on any atom is -0.244 e. The Hall–Kier alpha value is -2.82. The molecule has 0 aliphatic carbocycles. The maximum Gasteiger partial charge on any atom is 0.158 e. The molecule has 0 spiro atoms. The van der Waals surface area contributed by atoms with E-state index in [2.05, 4.69) is 33.0 Å². The fraction of sp³-hybridized carbons (Fsp3) is 0.263. The summed E-state index contributed by atoms with van der Waals surface area (Å²) < 4.78 is 1.80. The number of rotatable bonds is 0. The third-order valence-corrected chi connectivity index (χ3v) is 3.40. The van der Waals surface area contributed by atoms with E-state index < -0.39 is 0 Å². The molecule has 3 aromatic heterocycles. The third-order valence-electron chi connectivity index (χ3n) is 3.40. The lowest BCUT2D eigenvalue weighted by Gasteiger charge is -1.97. The molecule has 5 heteroatoms. The number of fused-ring (bicyclic) bond motifs is 2. The number of para-hydroxylation sites is 1. The number of nitrogens with zero attached hydrogens (tertiary/aromatic N) is 5. The molecule has 0 aliphatic rings. The molecule has 0 radical (unpaired) electrons. The quantitative estimate of drug-likeness (QED) is 0.484. The van der Waals surface area contributed by atoms with Crippen molar-refractivity contribution in [2.24, 2.45) is 0 Å². The van der Waals surface area contributed by atoms with Gasteiger partial charge in [-0.25, -0.2) is 19.5 Å². The zero-order chi connectivity index (χ0) is 17.5. The average Bonchev–Trinajstić information content (AvgIpc) is 3.00. The SMILES string of the molecule is CC.Cc1cccc2cncnc12.Cc1nc2c(C)cccn2n1. The predicted molar refractivity (Wildman–Crippen MR) is 98.1 cm³/mol. The molecule has 0 fully saturated rings. The summed E-state index contributed by atoms with van der Waals surface area (Å²) in [5.74, 6) is 0.819. The van der Waals surface area contributed by atoms with Crippen LogP contribution in [0.25, 0.3) is 16.6 Å². The van der Waals surface area contributed by atoms with Crippen LogP contribution in [0.15, 0.2) is 49.1 Å². The Kier molecular flexibility index (Phi) is 5.95. The van der Waals surface area contributed by atoms with E-state index in [9.17, 15) is 0 Å². The van der Waals surface area contributed by atoms with E-state index in [1.807, 2.05) is 64.4 Å². The molecular formula is C19H23N5. The molecule has 1 aromatic carbocycles. The second-order valence-corrected chi connectivity index (χ2v) is 5.15. The Bertz CT molecular complexity index is 922. The molecule has 0 N–H and O–H groups in total. The molecule has 4 rings (SSSR count). The molecule has 24 heavy (non-hydrogen) atoms. The fourth-order valence-corrected chi connectivity index (χ4v) is 2.31. The van der Waals surface area contributed by atoms with Crippen LogP contribution < -0.4 is 0 Å². The molecule has 0 unspecified atom stereocenters. The van der Waals surface area contributed by atoms with Gasteiger partial charge in [0.15, 0.2) is 5.65 Å². The van der Waals surface area contributed by atoms with E-state index in [4.69, 9.17) is 0 Å². The second kappa shape index (κ2) is 8.15. The van der Waals surface area contributed by atoms with Crippen LogP contribution >= 0.6 is 0 Å². The van der Waals surface area contributed by atoms with Gasteiger partial charge in [0, 0.05) is 17.8 Å². The lowest BCUT2D eigenvalue weighted by molar-refractivity contribution is 0.927. The van der Waals surface area contributed by atoms with E-state index in [0.717, 1.165) is 27.9 Å². The van der Waals surface area contributed by atoms with Crippen LogP contribution in [0, 0.1) is 20.8 Å². The highest BCUT2D eigenvalue weighted by molar-refractivity contribution is 5.80. The van der Waals surface area contributed by atoms with Crippen LogP contribution in [0.3, 0.4) is 0 Å². The van der Waals surface area contributed by atoms with Crippen molar-refractivity contribution in [2.45, 2.75) is 34.6 Å². The number of hydrogen-bond acceptors (Lipinski definition) is 4. The van der Waals surface area contributed by atoms with Gasteiger partial charge in [-0.3, -0.25) is 0 Å². The van der Waals surface area contributed by atoms with E-state index in [1.54, 1.807) is 10.8 Å². The lowest BCUT2D eigenvalue weighted by Crippen LogP contribution is -1.87. The molecule has 0 bridgehead atoms. The summed E-state index contributed by atoms with van der Waals surface area (Å²) in [7, 11) is 0. The van der Waals surface area contributed by atoms with Crippen molar-refractivity contribution in [1.82, 2.24) is 24.6 Å². The Morgan fingerprint density at radius 3 is 2.38 bits per heavy atom. The molecule has 3 heterocycles. The second-order valence-electron chi connectivity index (χ2n) is 5.15. The van der Waals surface area contributed by atoms with Gasteiger partial charge in [0.1, 0.15) is 12.2 Å². The minimum atomic E-state index is 0.819. The van der Waals surface area contributed by atoms with Crippen molar-refractivity contribution in [3.63, 3.8) is 0 Å². The van der Waals surface area contributed by atoms with Crippen molar-refractivity contribution >= 4 is 16.6 Å². The summed E-state index contributed by atoms with van der Waals surface area (Å²) in [6, 6.07) is 10.1. The molecule has 0 saturated heterocycles. The van der Waals surface area contributed by atoms with E-state index in [-0.39, 0.29) is 0 Å². The van der Waals surface area contributed by atoms with Gasteiger partial charge in [-0.05, 0) is 38.0 Å². The maximum absolute atomic E-state index is 4.26. The van der Waals surface area contributed by atoms with Crippen molar-refractivity contribution in [1.29, 1.82) is 0 Å². The highest BCUT2D eigenvalue weighted by Gasteiger charge is 1.99. The first-order valence-corrected chi connectivity index (χ1v) is 8.09. The molecule has 5 nitrogen and oxygen atoms in total. The number of pyridine rings is 1. The van der Waals surface area contributed by atoms with Gasteiger partial charge < -0.3 is 0 Å².